The van der Waals surface area contributed by atoms with Crippen molar-refractivity contribution in [3.8, 4) is 0 Å². The summed E-state index contributed by atoms with van der Waals surface area (Å²) in [5.41, 5.74) is 1.08. The Hall–Kier alpha value is -1.58. The van der Waals surface area contributed by atoms with Gasteiger partial charge in [-0.3, -0.25) is 4.98 Å². The van der Waals surface area contributed by atoms with Crippen LogP contribution in [0.2, 0.25) is 0 Å². The van der Waals surface area contributed by atoms with Crippen molar-refractivity contribution >= 4 is 6.03 Å². The highest BCUT2D eigenvalue weighted by Gasteiger charge is 2.43. The summed E-state index contributed by atoms with van der Waals surface area (Å²) in [5, 5.41) is 6.02. The highest BCUT2D eigenvalue weighted by Crippen LogP contribution is 2.44. The Morgan fingerprint density at radius 1 is 1.20 bits per heavy atom. The van der Waals surface area contributed by atoms with Crippen molar-refractivity contribution in [2.75, 3.05) is 0 Å². The van der Waals surface area contributed by atoms with Crippen LogP contribution in [0, 0.1) is 11.8 Å². The third kappa shape index (κ3) is 3.50. The first-order chi connectivity index (χ1) is 9.83. The Kier molecular flexibility index (Phi) is 4.19. The summed E-state index contributed by atoms with van der Waals surface area (Å²) >= 11 is 0. The molecule has 0 spiro atoms. The molecule has 1 aromatic rings. The number of carbonyl (C=O) groups is 1. The zero-order chi connectivity index (χ0) is 13.8. The lowest BCUT2D eigenvalue weighted by Crippen LogP contribution is -2.37. The monoisotopic (exact) mass is 273 g/mol. The number of nitrogens with zero attached hydrogens (tertiary/aromatic N) is 1. The Bertz CT molecular complexity index is 442. The van der Waals surface area contributed by atoms with Gasteiger partial charge in [-0.25, -0.2) is 4.79 Å². The van der Waals surface area contributed by atoms with Gasteiger partial charge < -0.3 is 10.6 Å². The van der Waals surface area contributed by atoms with E-state index in [0.29, 0.717) is 12.6 Å². The summed E-state index contributed by atoms with van der Waals surface area (Å²) < 4.78 is 0. The number of carbonyl (C=O) groups excluding carboxylic acids is 1. The zero-order valence-corrected chi connectivity index (χ0v) is 11.8. The molecule has 2 aliphatic carbocycles. The smallest absolute Gasteiger partial charge is 0.315 e. The molecule has 4 heteroatoms. The number of urea groups is 1. The van der Waals surface area contributed by atoms with Crippen LogP contribution in [0.3, 0.4) is 0 Å². The molecule has 0 saturated heterocycles. The van der Waals surface area contributed by atoms with Gasteiger partial charge in [-0.05, 0) is 36.0 Å². The molecular weight excluding hydrogens is 250 g/mol. The van der Waals surface area contributed by atoms with Gasteiger partial charge in [0, 0.05) is 25.0 Å². The van der Waals surface area contributed by atoms with Gasteiger partial charge in [0.25, 0.3) is 0 Å². The minimum atomic E-state index is -0.0369. The van der Waals surface area contributed by atoms with Gasteiger partial charge >= 0.3 is 6.03 Å². The van der Waals surface area contributed by atoms with E-state index in [1.807, 2.05) is 12.1 Å². The number of pyridine rings is 1. The number of hydrogen-bond acceptors (Lipinski definition) is 2. The molecule has 2 amide bonds. The molecule has 0 radical (unpaired) electrons. The minimum absolute atomic E-state index is 0.0369. The molecule has 2 atom stereocenters. The summed E-state index contributed by atoms with van der Waals surface area (Å²) in [6.45, 7) is 0.565. The SMILES string of the molecule is O=C(NCc1ccncc1)N[C@H]1C[C@@H]1C1CCCCC1. The van der Waals surface area contributed by atoms with E-state index in [9.17, 15) is 4.79 Å². The first-order valence-electron chi connectivity index (χ1n) is 7.76. The van der Waals surface area contributed by atoms with E-state index in [1.54, 1.807) is 12.4 Å². The van der Waals surface area contributed by atoms with Gasteiger partial charge in [-0.1, -0.05) is 32.1 Å². The Labute approximate surface area is 120 Å². The summed E-state index contributed by atoms with van der Waals surface area (Å²) in [6, 6.07) is 4.21. The van der Waals surface area contributed by atoms with Crippen molar-refractivity contribution in [2.24, 2.45) is 11.8 Å². The Balaban J connectivity index is 1.37. The lowest BCUT2D eigenvalue weighted by Gasteiger charge is -2.21. The van der Waals surface area contributed by atoms with Crippen LogP contribution >= 0.6 is 0 Å². The molecular formula is C16H23N3O. The second-order valence-corrected chi connectivity index (χ2v) is 6.09. The lowest BCUT2D eigenvalue weighted by molar-refractivity contribution is 0.238. The van der Waals surface area contributed by atoms with Crippen molar-refractivity contribution in [2.45, 2.75) is 51.1 Å². The average molecular weight is 273 g/mol. The van der Waals surface area contributed by atoms with E-state index in [2.05, 4.69) is 15.6 Å². The van der Waals surface area contributed by atoms with Gasteiger partial charge in [0.15, 0.2) is 0 Å². The van der Waals surface area contributed by atoms with Crippen LogP contribution in [0.4, 0.5) is 4.79 Å². The topological polar surface area (TPSA) is 54.0 Å². The van der Waals surface area contributed by atoms with Gasteiger partial charge in [-0.2, -0.15) is 0 Å². The predicted molar refractivity (Wildman–Crippen MR) is 78.1 cm³/mol. The van der Waals surface area contributed by atoms with Crippen molar-refractivity contribution in [3.05, 3.63) is 30.1 Å². The van der Waals surface area contributed by atoms with Crippen molar-refractivity contribution < 1.29 is 4.79 Å². The number of aromatic nitrogens is 1. The maximum absolute atomic E-state index is 11.9. The zero-order valence-electron chi connectivity index (χ0n) is 11.8. The van der Waals surface area contributed by atoms with Crippen LogP contribution in [0.1, 0.15) is 44.1 Å². The lowest BCUT2D eigenvalue weighted by atomic mass is 9.85. The summed E-state index contributed by atoms with van der Waals surface area (Å²) in [5.74, 6) is 1.59. The second-order valence-electron chi connectivity index (χ2n) is 6.09. The molecule has 2 N–H and O–H groups in total. The standard InChI is InChI=1S/C16H23N3O/c20-16(18-11-12-6-8-17-9-7-12)19-15-10-14(15)13-4-2-1-3-5-13/h6-9,13-15H,1-5,10-11H2,(H2,18,19,20)/t14-,15+/m1/s1. The van der Waals surface area contributed by atoms with E-state index in [-0.39, 0.29) is 6.03 Å². The van der Waals surface area contributed by atoms with Gasteiger partial charge in [0.05, 0.1) is 0 Å². The third-order valence-electron chi connectivity index (χ3n) is 4.61. The summed E-state index contributed by atoms with van der Waals surface area (Å²) in [6.07, 6.45) is 11.5. The second kappa shape index (κ2) is 6.25. The molecule has 20 heavy (non-hydrogen) atoms. The number of rotatable bonds is 4. The largest absolute Gasteiger partial charge is 0.335 e. The van der Waals surface area contributed by atoms with E-state index in [4.69, 9.17) is 0 Å². The molecule has 1 heterocycles. The van der Waals surface area contributed by atoms with Crippen molar-refractivity contribution in [1.29, 1.82) is 0 Å². The highest BCUT2D eigenvalue weighted by molar-refractivity contribution is 5.74. The van der Waals surface area contributed by atoms with E-state index in [1.165, 1.54) is 38.5 Å². The normalized spacial score (nSPS) is 26.0. The van der Waals surface area contributed by atoms with Crippen LogP contribution in [-0.4, -0.2) is 17.1 Å². The Morgan fingerprint density at radius 2 is 1.95 bits per heavy atom. The maximum atomic E-state index is 11.9. The first kappa shape index (κ1) is 13.4. The van der Waals surface area contributed by atoms with E-state index >= 15 is 0 Å². The fourth-order valence-corrected chi connectivity index (χ4v) is 3.37. The molecule has 0 aliphatic heterocycles. The highest BCUT2D eigenvalue weighted by atomic mass is 16.2. The number of amides is 2. The molecule has 0 bridgehead atoms. The molecule has 3 rings (SSSR count). The van der Waals surface area contributed by atoms with E-state index < -0.39 is 0 Å². The van der Waals surface area contributed by atoms with Crippen LogP contribution in [0.15, 0.2) is 24.5 Å². The molecule has 1 aromatic heterocycles. The first-order valence-corrected chi connectivity index (χ1v) is 7.76. The van der Waals surface area contributed by atoms with Gasteiger partial charge in [-0.15, -0.1) is 0 Å². The third-order valence-corrected chi connectivity index (χ3v) is 4.61. The fourth-order valence-electron chi connectivity index (χ4n) is 3.37. The molecule has 0 unspecified atom stereocenters. The molecule has 108 valence electrons. The van der Waals surface area contributed by atoms with Crippen molar-refractivity contribution in [3.63, 3.8) is 0 Å². The quantitative estimate of drug-likeness (QED) is 0.886. The summed E-state index contributed by atoms with van der Waals surface area (Å²) in [7, 11) is 0. The van der Waals surface area contributed by atoms with E-state index in [0.717, 1.165) is 17.4 Å². The molecule has 2 fully saturated rings. The molecule has 2 aliphatic rings. The van der Waals surface area contributed by atoms with Crippen molar-refractivity contribution in [1.82, 2.24) is 15.6 Å². The molecule has 2 saturated carbocycles. The van der Waals surface area contributed by atoms with Gasteiger partial charge in [0.2, 0.25) is 0 Å². The minimum Gasteiger partial charge on any atom is -0.335 e. The van der Waals surface area contributed by atoms with Gasteiger partial charge in [0.1, 0.15) is 0 Å². The molecule has 4 nitrogen and oxygen atoms in total. The Morgan fingerprint density at radius 3 is 2.70 bits per heavy atom. The van der Waals surface area contributed by atoms with Crippen LogP contribution in [0.25, 0.3) is 0 Å². The summed E-state index contributed by atoms with van der Waals surface area (Å²) in [4.78, 5) is 15.8. The number of nitrogens with one attached hydrogen (secondary N) is 2. The number of hydrogen-bond donors (Lipinski definition) is 2. The predicted octanol–water partition coefficient (Wildman–Crippen LogP) is 2.85. The maximum Gasteiger partial charge on any atom is 0.315 e. The van der Waals surface area contributed by atoms with Crippen LogP contribution in [-0.2, 0) is 6.54 Å². The fraction of sp³-hybridized carbons (Fsp3) is 0.625. The molecule has 0 aromatic carbocycles. The average Bonchev–Trinajstić information content (AvgIpc) is 3.26. The van der Waals surface area contributed by atoms with Crippen LogP contribution < -0.4 is 10.6 Å². The van der Waals surface area contributed by atoms with Crippen LogP contribution in [0.5, 0.6) is 0 Å².